The second-order valence-electron chi connectivity index (χ2n) is 4.90. The molecule has 0 saturated carbocycles. The van der Waals surface area contributed by atoms with Gasteiger partial charge in [0.1, 0.15) is 11.5 Å². The molecule has 3 rings (SSSR count). The quantitative estimate of drug-likeness (QED) is 0.816. The number of nitrogen functional groups attached to an aromatic ring is 1. The molecule has 104 valence electrons. The molecule has 2 aromatic rings. The topological polar surface area (TPSA) is 64.7 Å². The lowest BCUT2D eigenvalue weighted by molar-refractivity contribution is 0.709. The Morgan fingerprint density at radius 1 is 1.05 bits per heavy atom. The van der Waals surface area contributed by atoms with Crippen LogP contribution in [0.25, 0.3) is 11.5 Å². The highest BCUT2D eigenvalue weighted by molar-refractivity contribution is 6.35. The molecule has 0 amide bonds. The standard InChI is InChI=1S/C14H14Cl2N4/c15-8-6-10(16)12(18-7-8)14-19-11-5-3-1-2-4-9(11)13(17)20-14/h6-7H,1-5H2,(H2,17,19,20). The molecule has 0 radical (unpaired) electrons. The summed E-state index contributed by atoms with van der Waals surface area (Å²) in [5, 5.41) is 0.923. The summed E-state index contributed by atoms with van der Waals surface area (Å²) in [6.45, 7) is 0. The molecule has 2 N–H and O–H groups in total. The first kappa shape index (κ1) is 13.6. The Morgan fingerprint density at radius 3 is 2.65 bits per heavy atom. The number of nitrogens with two attached hydrogens (primary N) is 1. The van der Waals surface area contributed by atoms with Crippen LogP contribution in [0.1, 0.15) is 30.5 Å². The van der Waals surface area contributed by atoms with Crippen LogP contribution in [0.5, 0.6) is 0 Å². The first-order valence-electron chi connectivity index (χ1n) is 6.62. The zero-order valence-corrected chi connectivity index (χ0v) is 12.4. The predicted octanol–water partition coefficient (Wildman–Crippen LogP) is 3.70. The van der Waals surface area contributed by atoms with E-state index in [9.17, 15) is 0 Å². The number of fused-ring (bicyclic) bond motifs is 1. The summed E-state index contributed by atoms with van der Waals surface area (Å²) in [5.74, 6) is 1.02. The van der Waals surface area contributed by atoms with Gasteiger partial charge < -0.3 is 5.73 Å². The molecular formula is C14H14Cl2N4. The van der Waals surface area contributed by atoms with Crippen molar-refractivity contribution in [1.82, 2.24) is 15.0 Å². The normalized spacial score (nSPS) is 14.7. The first-order chi connectivity index (χ1) is 9.65. The lowest BCUT2D eigenvalue weighted by atomic mass is 10.1. The Kier molecular flexibility index (Phi) is 3.76. The third-order valence-corrected chi connectivity index (χ3v) is 3.98. The van der Waals surface area contributed by atoms with E-state index in [0.29, 0.717) is 27.4 Å². The van der Waals surface area contributed by atoms with Crippen LogP contribution >= 0.6 is 23.2 Å². The second kappa shape index (κ2) is 5.54. The largest absolute Gasteiger partial charge is 0.383 e. The lowest BCUT2D eigenvalue weighted by Gasteiger charge is -2.10. The van der Waals surface area contributed by atoms with Gasteiger partial charge in [-0.15, -0.1) is 0 Å². The molecule has 20 heavy (non-hydrogen) atoms. The van der Waals surface area contributed by atoms with Crippen molar-refractivity contribution in [3.63, 3.8) is 0 Å². The minimum atomic E-state index is 0.436. The van der Waals surface area contributed by atoms with Gasteiger partial charge in [0.25, 0.3) is 0 Å². The molecule has 0 spiro atoms. The fourth-order valence-electron chi connectivity index (χ4n) is 2.48. The summed E-state index contributed by atoms with van der Waals surface area (Å²) in [5.41, 5.74) is 8.71. The van der Waals surface area contributed by atoms with Gasteiger partial charge in [-0.2, -0.15) is 0 Å². The molecule has 0 aromatic carbocycles. The van der Waals surface area contributed by atoms with Crippen LogP contribution in [0, 0.1) is 0 Å². The van der Waals surface area contributed by atoms with Crippen LogP contribution in [-0.2, 0) is 12.8 Å². The van der Waals surface area contributed by atoms with Gasteiger partial charge in [0, 0.05) is 17.5 Å². The highest BCUT2D eigenvalue weighted by atomic mass is 35.5. The van der Waals surface area contributed by atoms with Crippen molar-refractivity contribution >= 4 is 29.0 Å². The molecule has 0 saturated heterocycles. The monoisotopic (exact) mass is 308 g/mol. The predicted molar refractivity (Wildman–Crippen MR) is 81.0 cm³/mol. The van der Waals surface area contributed by atoms with Crippen molar-refractivity contribution in [3.8, 4) is 11.5 Å². The Labute approximate surface area is 127 Å². The maximum atomic E-state index is 6.16. The van der Waals surface area contributed by atoms with Gasteiger partial charge >= 0.3 is 0 Å². The second-order valence-corrected chi connectivity index (χ2v) is 5.75. The molecule has 0 bridgehead atoms. The Hall–Kier alpha value is -1.39. The number of anilines is 1. The molecule has 0 atom stereocenters. The van der Waals surface area contributed by atoms with E-state index in [1.54, 1.807) is 6.07 Å². The third-order valence-electron chi connectivity index (χ3n) is 3.48. The minimum Gasteiger partial charge on any atom is -0.383 e. The van der Waals surface area contributed by atoms with Gasteiger partial charge in [-0.05, 0) is 31.7 Å². The SMILES string of the molecule is Nc1nc(-c2ncc(Cl)cc2Cl)nc2c1CCCCC2. The van der Waals surface area contributed by atoms with Gasteiger partial charge in [0.15, 0.2) is 5.82 Å². The van der Waals surface area contributed by atoms with E-state index in [1.165, 1.54) is 12.6 Å². The maximum absolute atomic E-state index is 6.16. The molecule has 0 fully saturated rings. The number of pyridine rings is 1. The first-order valence-corrected chi connectivity index (χ1v) is 7.37. The number of aromatic nitrogens is 3. The Balaban J connectivity index is 2.11. The number of rotatable bonds is 1. The van der Waals surface area contributed by atoms with Crippen molar-refractivity contribution in [2.24, 2.45) is 0 Å². The summed E-state index contributed by atoms with van der Waals surface area (Å²) in [7, 11) is 0. The summed E-state index contributed by atoms with van der Waals surface area (Å²) in [6, 6.07) is 1.64. The van der Waals surface area contributed by atoms with Gasteiger partial charge in [-0.25, -0.2) is 15.0 Å². The Morgan fingerprint density at radius 2 is 1.85 bits per heavy atom. The molecule has 2 aromatic heterocycles. The van der Waals surface area contributed by atoms with E-state index in [0.717, 1.165) is 36.9 Å². The van der Waals surface area contributed by atoms with Crippen LogP contribution in [-0.4, -0.2) is 15.0 Å². The molecule has 0 aliphatic heterocycles. The number of aryl methyl sites for hydroxylation is 1. The van der Waals surface area contributed by atoms with Crippen LogP contribution in [0.3, 0.4) is 0 Å². The molecule has 0 unspecified atom stereocenters. The zero-order valence-electron chi connectivity index (χ0n) is 10.9. The molecule has 6 heteroatoms. The Bertz CT molecular complexity index is 658. The lowest BCUT2D eigenvalue weighted by Crippen LogP contribution is -2.07. The average molecular weight is 309 g/mol. The number of hydrogen-bond acceptors (Lipinski definition) is 4. The van der Waals surface area contributed by atoms with Crippen LogP contribution < -0.4 is 5.73 Å². The zero-order chi connectivity index (χ0) is 14.1. The highest BCUT2D eigenvalue weighted by Gasteiger charge is 2.17. The molecule has 1 aliphatic rings. The van der Waals surface area contributed by atoms with Gasteiger partial charge in [0.2, 0.25) is 0 Å². The summed E-state index contributed by atoms with van der Waals surface area (Å²) in [4.78, 5) is 13.2. The van der Waals surface area contributed by atoms with E-state index in [-0.39, 0.29) is 0 Å². The number of hydrogen-bond donors (Lipinski definition) is 1. The maximum Gasteiger partial charge on any atom is 0.181 e. The van der Waals surface area contributed by atoms with E-state index < -0.39 is 0 Å². The third kappa shape index (κ3) is 2.58. The fraction of sp³-hybridized carbons (Fsp3) is 0.357. The molecular weight excluding hydrogens is 295 g/mol. The summed E-state index contributed by atoms with van der Waals surface area (Å²) >= 11 is 12.0. The fourth-order valence-corrected chi connectivity index (χ4v) is 2.95. The minimum absolute atomic E-state index is 0.436. The average Bonchev–Trinajstić information content (AvgIpc) is 2.64. The van der Waals surface area contributed by atoms with Gasteiger partial charge in [-0.1, -0.05) is 29.6 Å². The van der Waals surface area contributed by atoms with Crippen molar-refractivity contribution in [1.29, 1.82) is 0 Å². The van der Waals surface area contributed by atoms with Crippen molar-refractivity contribution in [2.75, 3.05) is 5.73 Å². The van der Waals surface area contributed by atoms with Crippen LogP contribution in [0.15, 0.2) is 12.3 Å². The van der Waals surface area contributed by atoms with Crippen LogP contribution in [0.4, 0.5) is 5.82 Å². The van der Waals surface area contributed by atoms with E-state index in [2.05, 4.69) is 15.0 Å². The van der Waals surface area contributed by atoms with E-state index in [4.69, 9.17) is 28.9 Å². The van der Waals surface area contributed by atoms with Gasteiger partial charge in [0.05, 0.1) is 10.0 Å². The molecule has 4 nitrogen and oxygen atoms in total. The molecule has 1 aliphatic carbocycles. The number of nitrogens with zero attached hydrogens (tertiary/aromatic N) is 3. The smallest absolute Gasteiger partial charge is 0.181 e. The van der Waals surface area contributed by atoms with E-state index >= 15 is 0 Å². The van der Waals surface area contributed by atoms with Crippen molar-refractivity contribution < 1.29 is 0 Å². The highest BCUT2D eigenvalue weighted by Crippen LogP contribution is 2.29. The molecule has 2 heterocycles. The number of halogens is 2. The summed E-state index contributed by atoms with van der Waals surface area (Å²) in [6.07, 6.45) is 6.88. The van der Waals surface area contributed by atoms with Crippen molar-refractivity contribution in [2.45, 2.75) is 32.1 Å². The van der Waals surface area contributed by atoms with E-state index in [1.807, 2.05) is 0 Å². The van der Waals surface area contributed by atoms with Gasteiger partial charge in [-0.3, -0.25) is 0 Å². The summed E-state index contributed by atoms with van der Waals surface area (Å²) < 4.78 is 0. The van der Waals surface area contributed by atoms with Crippen LogP contribution in [0.2, 0.25) is 10.0 Å². The van der Waals surface area contributed by atoms with Crippen molar-refractivity contribution in [3.05, 3.63) is 33.6 Å².